The lowest BCUT2D eigenvalue weighted by Gasteiger charge is -2.31. The van der Waals surface area contributed by atoms with E-state index in [1.165, 1.54) is 6.42 Å². The highest BCUT2D eigenvalue weighted by atomic mass is 16.5. The molecule has 0 amide bonds. The maximum atomic E-state index is 5.33. The predicted molar refractivity (Wildman–Crippen MR) is 88.4 cm³/mol. The standard InChI is InChI=1S/C17H18N4O2/c1-22-13-8-12(9-14(10-13)23-2)15-11-21-7-4-16(19-17(21)18-15)20-5-3-6-20/h4,7-11H,3,5-6H2,1-2H3. The Morgan fingerprint density at radius 3 is 2.35 bits per heavy atom. The molecule has 1 saturated heterocycles. The van der Waals surface area contributed by atoms with Gasteiger partial charge in [0.1, 0.15) is 17.3 Å². The van der Waals surface area contributed by atoms with E-state index in [0.29, 0.717) is 5.78 Å². The zero-order chi connectivity index (χ0) is 15.8. The molecule has 0 atom stereocenters. The van der Waals surface area contributed by atoms with Crippen molar-refractivity contribution in [2.24, 2.45) is 0 Å². The number of hydrogen-bond donors (Lipinski definition) is 0. The fraction of sp³-hybridized carbons (Fsp3) is 0.294. The Kier molecular flexibility index (Phi) is 3.29. The first-order valence-corrected chi connectivity index (χ1v) is 7.61. The summed E-state index contributed by atoms with van der Waals surface area (Å²) in [6.07, 6.45) is 5.20. The van der Waals surface area contributed by atoms with Crippen LogP contribution in [0.5, 0.6) is 11.5 Å². The highest BCUT2D eigenvalue weighted by molar-refractivity contribution is 5.66. The first-order chi connectivity index (χ1) is 11.3. The molecule has 1 fully saturated rings. The lowest BCUT2D eigenvalue weighted by molar-refractivity contribution is 0.394. The van der Waals surface area contributed by atoms with Gasteiger partial charge in [-0.2, -0.15) is 4.98 Å². The van der Waals surface area contributed by atoms with Gasteiger partial charge in [-0.1, -0.05) is 0 Å². The van der Waals surface area contributed by atoms with Crippen LogP contribution in [-0.2, 0) is 0 Å². The van der Waals surface area contributed by atoms with E-state index >= 15 is 0 Å². The van der Waals surface area contributed by atoms with Crippen molar-refractivity contribution < 1.29 is 9.47 Å². The zero-order valence-corrected chi connectivity index (χ0v) is 13.2. The van der Waals surface area contributed by atoms with E-state index in [0.717, 1.165) is 41.7 Å². The second-order valence-electron chi connectivity index (χ2n) is 5.56. The first-order valence-electron chi connectivity index (χ1n) is 7.61. The Labute approximate surface area is 134 Å². The average molecular weight is 310 g/mol. The summed E-state index contributed by atoms with van der Waals surface area (Å²) in [5, 5.41) is 0. The molecule has 6 heteroatoms. The van der Waals surface area contributed by atoms with Crippen molar-refractivity contribution >= 4 is 11.6 Å². The van der Waals surface area contributed by atoms with Gasteiger partial charge < -0.3 is 14.4 Å². The smallest absolute Gasteiger partial charge is 0.236 e. The van der Waals surface area contributed by atoms with Gasteiger partial charge in [0.25, 0.3) is 0 Å². The molecule has 3 aromatic rings. The van der Waals surface area contributed by atoms with E-state index in [9.17, 15) is 0 Å². The Hall–Kier alpha value is -2.76. The molecule has 0 bridgehead atoms. The first kappa shape index (κ1) is 13.9. The van der Waals surface area contributed by atoms with Gasteiger partial charge in [0, 0.05) is 37.1 Å². The minimum Gasteiger partial charge on any atom is -0.497 e. The molecular formula is C17H18N4O2. The molecule has 118 valence electrons. The molecule has 0 radical (unpaired) electrons. The third-order valence-corrected chi connectivity index (χ3v) is 4.14. The monoisotopic (exact) mass is 310 g/mol. The summed E-state index contributed by atoms with van der Waals surface area (Å²) in [5.41, 5.74) is 1.78. The van der Waals surface area contributed by atoms with Crippen LogP contribution >= 0.6 is 0 Å². The fourth-order valence-corrected chi connectivity index (χ4v) is 2.68. The van der Waals surface area contributed by atoms with Gasteiger partial charge in [-0.25, -0.2) is 4.98 Å². The molecule has 1 aliphatic heterocycles. The van der Waals surface area contributed by atoms with Crippen molar-refractivity contribution in [2.45, 2.75) is 6.42 Å². The summed E-state index contributed by atoms with van der Waals surface area (Å²) in [6.45, 7) is 2.15. The number of aromatic nitrogens is 3. The van der Waals surface area contributed by atoms with Gasteiger partial charge in [-0.15, -0.1) is 0 Å². The van der Waals surface area contributed by atoms with Crippen molar-refractivity contribution in [1.82, 2.24) is 14.4 Å². The quantitative estimate of drug-likeness (QED) is 0.741. The molecule has 0 N–H and O–H groups in total. The van der Waals surface area contributed by atoms with Crippen molar-refractivity contribution in [1.29, 1.82) is 0 Å². The van der Waals surface area contributed by atoms with E-state index in [1.807, 2.05) is 41.1 Å². The van der Waals surface area contributed by atoms with Gasteiger partial charge in [-0.05, 0) is 24.6 Å². The summed E-state index contributed by atoms with van der Waals surface area (Å²) in [6, 6.07) is 7.77. The minimum atomic E-state index is 0.700. The van der Waals surface area contributed by atoms with Crippen molar-refractivity contribution in [3.05, 3.63) is 36.7 Å². The Balaban J connectivity index is 1.76. The summed E-state index contributed by atoms with van der Waals surface area (Å²) in [5.74, 6) is 3.17. The molecule has 0 spiro atoms. The van der Waals surface area contributed by atoms with Gasteiger partial charge in [0.15, 0.2) is 0 Å². The average Bonchev–Trinajstić information content (AvgIpc) is 2.96. The van der Waals surface area contributed by atoms with Crippen molar-refractivity contribution in [2.75, 3.05) is 32.2 Å². The maximum absolute atomic E-state index is 5.33. The fourth-order valence-electron chi connectivity index (χ4n) is 2.68. The summed E-state index contributed by atoms with van der Waals surface area (Å²) in [7, 11) is 3.28. The van der Waals surface area contributed by atoms with E-state index in [-0.39, 0.29) is 0 Å². The van der Waals surface area contributed by atoms with E-state index in [4.69, 9.17) is 9.47 Å². The Morgan fingerprint density at radius 1 is 1.00 bits per heavy atom. The zero-order valence-electron chi connectivity index (χ0n) is 13.2. The highest BCUT2D eigenvalue weighted by Crippen LogP contribution is 2.29. The third kappa shape index (κ3) is 2.46. The third-order valence-electron chi connectivity index (χ3n) is 4.14. The second kappa shape index (κ2) is 5.46. The normalized spacial score (nSPS) is 13.9. The van der Waals surface area contributed by atoms with Crippen LogP contribution in [0.1, 0.15) is 6.42 Å². The van der Waals surface area contributed by atoms with Gasteiger partial charge in [-0.3, -0.25) is 4.40 Å². The largest absolute Gasteiger partial charge is 0.497 e. The van der Waals surface area contributed by atoms with Crippen LogP contribution in [0.4, 0.5) is 5.82 Å². The molecule has 0 aliphatic carbocycles. The minimum absolute atomic E-state index is 0.700. The van der Waals surface area contributed by atoms with Crippen LogP contribution in [0.2, 0.25) is 0 Å². The number of hydrogen-bond acceptors (Lipinski definition) is 5. The Morgan fingerprint density at radius 2 is 1.74 bits per heavy atom. The number of ether oxygens (including phenoxy) is 2. The second-order valence-corrected chi connectivity index (χ2v) is 5.56. The number of benzene rings is 1. The summed E-state index contributed by atoms with van der Waals surface area (Å²) in [4.78, 5) is 11.5. The van der Waals surface area contributed by atoms with Crippen LogP contribution in [0.25, 0.3) is 17.0 Å². The van der Waals surface area contributed by atoms with Gasteiger partial charge in [0.2, 0.25) is 5.78 Å². The molecule has 0 unspecified atom stereocenters. The van der Waals surface area contributed by atoms with Crippen LogP contribution < -0.4 is 14.4 Å². The number of imidazole rings is 1. The number of fused-ring (bicyclic) bond motifs is 1. The van der Waals surface area contributed by atoms with Crippen LogP contribution in [-0.4, -0.2) is 41.7 Å². The summed E-state index contributed by atoms with van der Waals surface area (Å²) < 4.78 is 12.6. The van der Waals surface area contributed by atoms with Gasteiger partial charge >= 0.3 is 0 Å². The Bertz CT molecular complexity index is 833. The van der Waals surface area contributed by atoms with Gasteiger partial charge in [0.05, 0.1) is 19.9 Å². The molecule has 6 nitrogen and oxygen atoms in total. The number of methoxy groups -OCH3 is 2. The molecule has 2 aromatic heterocycles. The maximum Gasteiger partial charge on any atom is 0.236 e. The topological polar surface area (TPSA) is 51.9 Å². The van der Waals surface area contributed by atoms with E-state index in [1.54, 1.807) is 14.2 Å². The molecule has 1 aliphatic rings. The number of anilines is 1. The number of rotatable bonds is 4. The molecule has 1 aromatic carbocycles. The van der Waals surface area contributed by atoms with E-state index < -0.39 is 0 Å². The molecule has 3 heterocycles. The molecule has 4 rings (SSSR count). The molecular weight excluding hydrogens is 292 g/mol. The lowest BCUT2D eigenvalue weighted by atomic mass is 10.1. The van der Waals surface area contributed by atoms with Crippen LogP contribution in [0.15, 0.2) is 36.7 Å². The lowest BCUT2D eigenvalue weighted by Crippen LogP contribution is -2.37. The SMILES string of the molecule is COc1cc(OC)cc(-c2cn3ccc(N4CCC4)nc3n2)c1. The molecule has 23 heavy (non-hydrogen) atoms. The van der Waals surface area contributed by atoms with Crippen molar-refractivity contribution in [3.8, 4) is 22.8 Å². The van der Waals surface area contributed by atoms with Crippen LogP contribution in [0, 0.1) is 0 Å². The van der Waals surface area contributed by atoms with Crippen molar-refractivity contribution in [3.63, 3.8) is 0 Å². The van der Waals surface area contributed by atoms with Crippen LogP contribution in [0.3, 0.4) is 0 Å². The summed E-state index contributed by atoms with van der Waals surface area (Å²) >= 11 is 0. The highest BCUT2D eigenvalue weighted by Gasteiger charge is 2.17. The number of nitrogens with zero attached hydrogens (tertiary/aromatic N) is 4. The predicted octanol–water partition coefficient (Wildman–Crippen LogP) is 2.62. The van der Waals surface area contributed by atoms with E-state index in [2.05, 4.69) is 14.9 Å². The molecule has 0 saturated carbocycles.